The molecule has 0 aliphatic carbocycles. The standard InChI is InChI=1S/C18H15FN6OS2/c1-11(16-20-21-17(28-16)12-7-3-4-8-13(12)19)27-18-22-23-24-25(18)14-9-5-6-10-15(14)26-2/h3-11H,1-2H3/t11-/m0/s1. The van der Waals surface area contributed by atoms with Crippen molar-refractivity contribution in [3.8, 4) is 22.0 Å². The van der Waals surface area contributed by atoms with Crippen LogP contribution in [0, 0.1) is 5.82 Å². The molecule has 2 aromatic carbocycles. The van der Waals surface area contributed by atoms with Gasteiger partial charge in [-0.1, -0.05) is 47.4 Å². The predicted octanol–water partition coefficient (Wildman–Crippen LogP) is 4.18. The van der Waals surface area contributed by atoms with E-state index in [-0.39, 0.29) is 11.1 Å². The van der Waals surface area contributed by atoms with Crippen molar-refractivity contribution in [3.05, 3.63) is 59.4 Å². The molecule has 4 aromatic rings. The molecule has 0 saturated heterocycles. The van der Waals surface area contributed by atoms with Crippen LogP contribution in [0.15, 0.2) is 53.7 Å². The van der Waals surface area contributed by atoms with E-state index >= 15 is 0 Å². The van der Waals surface area contributed by atoms with Crippen LogP contribution in [0.5, 0.6) is 5.75 Å². The van der Waals surface area contributed by atoms with Crippen LogP contribution in [-0.2, 0) is 0 Å². The summed E-state index contributed by atoms with van der Waals surface area (Å²) in [4.78, 5) is 0. The average Bonchev–Trinajstić information content (AvgIpc) is 3.38. The molecule has 0 radical (unpaired) electrons. The molecule has 0 bridgehead atoms. The fourth-order valence-corrected chi connectivity index (χ4v) is 4.43. The Bertz CT molecular complexity index is 1100. The molecule has 2 heterocycles. The predicted molar refractivity (Wildman–Crippen MR) is 105 cm³/mol. The zero-order chi connectivity index (χ0) is 19.5. The van der Waals surface area contributed by atoms with Gasteiger partial charge in [-0.15, -0.1) is 15.3 Å². The second-order valence-electron chi connectivity index (χ2n) is 5.73. The highest BCUT2D eigenvalue weighted by Gasteiger charge is 2.20. The number of hydrogen-bond acceptors (Lipinski definition) is 8. The molecular formula is C18H15FN6OS2. The number of halogens is 1. The lowest BCUT2D eigenvalue weighted by Crippen LogP contribution is -2.02. The van der Waals surface area contributed by atoms with Gasteiger partial charge in [0.1, 0.15) is 22.3 Å². The van der Waals surface area contributed by atoms with E-state index in [2.05, 4.69) is 25.7 Å². The van der Waals surface area contributed by atoms with Crippen LogP contribution in [0.3, 0.4) is 0 Å². The molecule has 0 amide bonds. The number of rotatable bonds is 6. The molecule has 0 fully saturated rings. The van der Waals surface area contributed by atoms with E-state index in [1.54, 1.807) is 30.0 Å². The van der Waals surface area contributed by atoms with Crippen molar-refractivity contribution in [1.29, 1.82) is 0 Å². The fraction of sp³-hybridized carbons (Fsp3) is 0.167. The van der Waals surface area contributed by atoms with Crippen molar-refractivity contribution in [2.24, 2.45) is 0 Å². The van der Waals surface area contributed by atoms with Gasteiger partial charge in [-0.3, -0.25) is 0 Å². The summed E-state index contributed by atoms with van der Waals surface area (Å²) in [6.07, 6.45) is 0. The Balaban J connectivity index is 1.58. The summed E-state index contributed by atoms with van der Waals surface area (Å²) in [7, 11) is 1.60. The number of nitrogens with zero attached hydrogens (tertiary/aromatic N) is 6. The van der Waals surface area contributed by atoms with Gasteiger partial charge in [0, 0.05) is 5.56 Å². The number of aromatic nitrogens is 6. The molecule has 1 atom stereocenters. The third-order valence-electron chi connectivity index (χ3n) is 3.93. The minimum absolute atomic E-state index is 0.0718. The minimum Gasteiger partial charge on any atom is -0.494 e. The van der Waals surface area contributed by atoms with E-state index in [0.29, 0.717) is 21.5 Å². The van der Waals surface area contributed by atoms with E-state index in [4.69, 9.17) is 4.74 Å². The van der Waals surface area contributed by atoms with Crippen molar-refractivity contribution >= 4 is 23.1 Å². The number of tetrazole rings is 1. The van der Waals surface area contributed by atoms with Crippen LogP contribution in [0.1, 0.15) is 17.2 Å². The maximum Gasteiger partial charge on any atom is 0.214 e. The van der Waals surface area contributed by atoms with Crippen LogP contribution < -0.4 is 4.74 Å². The molecule has 0 aliphatic rings. The first kappa shape index (κ1) is 18.5. The molecule has 0 aliphatic heterocycles. The first-order chi connectivity index (χ1) is 13.7. The van der Waals surface area contributed by atoms with E-state index in [9.17, 15) is 4.39 Å². The SMILES string of the molecule is COc1ccccc1-n1nnnc1S[C@@H](C)c1nnc(-c2ccccc2F)s1. The molecule has 142 valence electrons. The quantitative estimate of drug-likeness (QED) is 0.438. The lowest BCUT2D eigenvalue weighted by molar-refractivity contribution is 0.410. The highest BCUT2D eigenvalue weighted by atomic mass is 32.2. The molecule has 7 nitrogen and oxygen atoms in total. The number of benzene rings is 2. The molecule has 0 saturated carbocycles. The summed E-state index contributed by atoms with van der Waals surface area (Å²) in [5.74, 6) is 0.354. The second-order valence-corrected chi connectivity index (χ2v) is 8.05. The maximum absolute atomic E-state index is 14.0. The number of methoxy groups -OCH3 is 1. The number of para-hydroxylation sites is 2. The van der Waals surface area contributed by atoms with Crippen LogP contribution in [0.4, 0.5) is 4.39 Å². The fourth-order valence-electron chi connectivity index (χ4n) is 2.56. The summed E-state index contributed by atoms with van der Waals surface area (Å²) in [6, 6.07) is 14.0. The lowest BCUT2D eigenvalue weighted by atomic mass is 10.2. The monoisotopic (exact) mass is 414 g/mol. The molecular weight excluding hydrogens is 399 g/mol. The van der Waals surface area contributed by atoms with Gasteiger partial charge < -0.3 is 4.74 Å². The first-order valence-corrected chi connectivity index (χ1v) is 10.0. The Kier molecular flexibility index (Phi) is 5.31. The average molecular weight is 414 g/mol. The molecule has 0 N–H and O–H groups in total. The summed E-state index contributed by atoms with van der Waals surface area (Å²) in [5.41, 5.74) is 1.19. The first-order valence-electron chi connectivity index (χ1n) is 8.34. The minimum atomic E-state index is -0.314. The van der Waals surface area contributed by atoms with Gasteiger partial charge in [-0.25, -0.2) is 4.39 Å². The van der Waals surface area contributed by atoms with Gasteiger partial charge in [-0.05, 0) is 41.6 Å². The molecule has 0 spiro atoms. The topological polar surface area (TPSA) is 78.6 Å². The number of hydrogen-bond donors (Lipinski definition) is 0. The Morgan fingerprint density at radius 3 is 2.68 bits per heavy atom. The van der Waals surface area contributed by atoms with Crippen LogP contribution >= 0.6 is 23.1 Å². The normalized spacial score (nSPS) is 12.1. The number of ether oxygens (including phenoxy) is 1. The zero-order valence-corrected chi connectivity index (χ0v) is 16.6. The Labute approximate surface area is 168 Å². The molecule has 2 aromatic heterocycles. The molecule has 4 rings (SSSR count). The summed E-state index contributed by atoms with van der Waals surface area (Å²) < 4.78 is 21.0. The van der Waals surface area contributed by atoms with Gasteiger partial charge in [0.2, 0.25) is 5.16 Å². The summed E-state index contributed by atoms with van der Waals surface area (Å²) in [5, 5.41) is 22.2. The van der Waals surface area contributed by atoms with E-state index in [1.165, 1.54) is 29.2 Å². The van der Waals surface area contributed by atoms with E-state index in [0.717, 1.165) is 10.7 Å². The van der Waals surface area contributed by atoms with Gasteiger partial charge in [-0.2, -0.15) is 4.68 Å². The Morgan fingerprint density at radius 1 is 1.07 bits per heavy atom. The van der Waals surface area contributed by atoms with Crippen molar-refractivity contribution in [3.63, 3.8) is 0 Å². The summed E-state index contributed by atoms with van der Waals surface area (Å²) in [6.45, 7) is 1.98. The summed E-state index contributed by atoms with van der Waals surface area (Å²) >= 11 is 2.80. The highest BCUT2D eigenvalue weighted by molar-refractivity contribution is 7.99. The van der Waals surface area contributed by atoms with Gasteiger partial charge in [0.25, 0.3) is 0 Å². The van der Waals surface area contributed by atoms with E-state index < -0.39 is 0 Å². The lowest BCUT2D eigenvalue weighted by Gasteiger charge is -2.10. The van der Waals surface area contributed by atoms with Crippen molar-refractivity contribution in [2.45, 2.75) is 17.3 Å². The molecule has 10 heteroatoms. The highest BCUT2D eigenvalue weighted by Crippen LogP contribution is 2.38. The maximum atomic E-state index is 14.0. The van der Waals surface area contributed by atoms with Crippen molar-refractivity contribution in [2.75, 3.05) is 7.11 Å². The zero-order valence-electron chi connectivity index (χ0n) is 15.0. The molecule has 28 heavy (non-hydrogen) atoms. The van der Waals surface area contributed by atoms with Crippen LogP contribution in [0.2, 0.25) is 0 Å². The van der Waals surface area contributed by atoms with Crippen LogP contribution in [0.25, 0.3) is 16.3 Å². The Morgan fingerprint density at radius 2 is 1.86 bits per heavy atom. The van der Waals surface area contributed by atoms with Crippen molar-refractivity contribution in [1.82, 2.24) is 30.4 Å². The third kappa shape index (κ3) is 3.60. The smallest absolute Gasteiger partial charge is 0.214 e. The molecule has 0 unspecified atom stereocenters. The largest absolute Gasteiger partial charge is 0.494 e. The number of thioether (sulfide) groups is 1. The van der Waals surface area contributed by atoms with Gasteiger partial charge >= 0.3 is 0 Å². The van der Waals surface area contributed by atoms with E-state index in [1.807, 2.05) is 31.2 Å². The van der Waals surface area contributed by atoms with Gasteiger partial charge in [0.15, 0.2) is 5.01 Å². The third-order valence-corrected chi connectivity index (χ3v) is 6.26. The van der Waals surface area contributed by atoms with Crippen molar-refractivity contribution < 1.29 is 9.13 Å². The van der Waals surface area contributed by atoms with Crippen LogP contribution in [-0.4, -0.2) is 37.5 Å². The second kappa shape index (κ2) is 8.03. The van der Waals surface area contributed by atoms with Gasteiger partial charge in [0.05, 0.1) is 12.4 Å². The Hall–Kier alpha value is -2.85.